The third-order valence-electron chi connectivity index (χ3n) is 2.81. The molecule has 1 heterocycles. The van der Waals surface area contributed by atoms with Crippen LogP contribution in [0.5, 0.6) is 5.75 Å². The van der Waals surface area contributed by atoms with Gasteiger partial charge in [0.15, 0.2) is 0 Å². The smallest absolute Gasteiger partial charge is 0.308 e. The first-order valence-corrected chi connectivity index (χ1v) is 6.05. The molecule has 0 aliphatic carbocycles. The molecule has 1 aliphatic rings. The van der Waals surface area contributed by atoms with Crippen molar-refractivity contribution in [1.82, 2.24) is 0 Å². The molecule has 2 rings (SSSR count). The monoisotopic (exact) mass is 264 g/mol. The number of rotatable bonds is 4. The van der Waals surface area contributed by atoms with Crippen LogP contribution in [-0.4, -0.2) is 31.6 Å². The summed E-state index contributed by atoms with van der Waals surface area (Å²) in [5.41, 5.74) is 1.40. The first kappa shape index (κ1) is 13.2. The maximum atomic E-state index is 11.8. The Kier molecular flexibility index (Phi) is 3.89. The van der Waals surface area contributed by atoms with E-state index in [-0.39, 0.29) is 12.3 Å². The molecule has 6 heteroatoms. The van der Waals surface area contributed by atoms with Gasteiger partial charge in [-0.3, -0.25) is 9.59 Å². The number of carbonyl (C=O) groups excluding carboxylic acids is 2. The molecule has 0 radical (unpaired) electrons. The topological polar surface area (TPSA) is 76.7 Å². The van der Waals surface area contributed by atoms with Gasteiger partial charge in [-0.15, -0.1) is 0 Å². The Morgan fingerprint density at radius 2 is 2.16 bits per heavy atom. The van der Waals surface area contributed by atoms with Crippen LogP contribution >= 0.6 is 0 Å². The molecule has 2 N–H and O–H groups in total. The van der Waals surface area contributed by atoms with Crippen molar-refractivity contribution in [1.29, 1.82) is 0 Å². The van der Waals surface area contributed by atoms with Gasteiger partial charge in [0, 0.05) is 6.07 Å². The van der Waals surface area contributed by atoms with E-state index >= 15 is 0 Å². The summed E-state index contributed by atoms with van der Waals surface area (Å²) < 4.78 is 9.96. The second-order valence-corrected chi connectivity index (χ2v) is 4.11. The lowest BCUT2D eigenvalue weighted by molar-refractivity contribution is -0.144. The van der Waals surface area contributed by atoms with Crippen molar-refractivity contribution in [2.75, 3.05) is 24.4 Å². The van der Waals surface area contributed by atoms with Gasteiger partial charge in [0.05, 0.1) is 31.5 Å². The quantitative estimate of drug-likeness (QED) is 0.803. The molecule has 1 unspecified atom stereocenters. The van der Waals surface area contributed by atoms with E-state index in [1.165, 1.54) is 0 Å². The summed E-state index contributed by atoms with van der Waals surface area (Å²) in [7, 11) is 1.57. The average Bonchev–Trinajstić information content (AvgIpc) is 2.39. The minimum atomic E-state index is -0.626. The lowest BCUT2D eigenvalue weighted by atomic mass is 10.1. The van der Waals surface area contributed by atoms with Crippen LogP contribution in [0.2, 0.25) is 0 Å². The zero-order valence-electron chi connectivity index (χ0n) is 10.9. The van der Waals surface area contributed by atoms with E-state index < -0.39 is 12.0 Å². The molecule has 0 saturated heterocycles. The van der Waals surface area contributed by atoms with E-state index in [1.807, 2.05) is 0 Å². The maximum absolute atomic E-state index is 11.8. The van der Waals surface area contributed by atoms with E-state index in [2.05, 4.69) is 10.6 Å². The predicted octanol–water partition coefficient (Wildman–Crippen LogP) is 1.38. The highest BCUT2D eigenvalue weighted by Crippen LogP contribution is 2.31. The van der Waals surface area contributed by atoms with Crippen LogP contribution in [0.3, 0.4) is 0 Å². The lowest BCUT2D eigenvalue weighted by Crippen LogP contribution is -2.40. The number of nitrogens with one attached hydrogen (secondary N) is 2. The fourth-order valence-electron chi connectivity index (χ4n) is 1.88. The minimum Gasteiger partial charge on any atom is -0.497 e. The van der Waals surface area contributed by atoms with Crippen LogP contribution in [0.15, 0.2) is 18.2 Å². The van der Waals surface area contributed by atoms with Gasteiger partial charge in [-0.05, 0) is 19.1 Å². The molecular formula is C13H16N2O4. The van der Waals surface area contributed by atoms with Crippen molar-refractivity contribution in [3.63, 3.8) is 0 Å². The molecule has 1 aliphatic heterocycles. The molecule has 1 aromatic carbocycles. The predicted molar refractivity (Wildman–Crippen MR) is 70.3 cm³/mol. The largest absolute Gasteiger partial charge is 0.497 e. The second-order valence-electron chi connectivity index (χ2n) is 4.11. The molecule has 0 fully saturated rings. The SMILES string of the molecule is CCOC(=O)CC1Nc2cc(OC)ccc2NC1=O. The Balaban J connectivity index is 2.13. The number of fused-ring (bicyclic) bond motifs is 1. The number of amides is 1. The van der Waals surface area contributed by atoms with Crippen molar-refractivity contribution in [3.05, 3.63) is 18.2 Å². The summed E-state index contributed by atoms with van der Waals surface area (Å²) >= 11 is 0. The minimum absolute atomic E-state index is 0.00365. The molecule has 6 nitrogen and oxygen atoms in total. The number of methoxy groups -OCH3 is 1. The third-order valence-corrected chi connectivity index (χ3v) is 2.81. The van der Waals surface area contributed by atoms with Crippen molar-refractivity contribution in [2.45, 2.75) is 19.4 Å². The fourth-order valence-corrected chi connectivity index (χ4v) is 1.88. The van der Waals surface area contributed by atoms with Crippen LogP contribution in [-0.2, 0) is 14.3 Å². The highest BCUT2D eigenvalue weighted by Gasteiger charge is 2.28. The summed E-state index contributed by atoms with van der Waals surface area (Å²) in [6.07, 6.45) is -0.00365. The summed E-state index contributed by atoms with van der Waals surface area (Å²) in [5, 5.41) is 5.76. The van der Waals surface area contributed by atoms with Crippen molar-refractivity contribution in [2.24, 2.45) is 0 Å². The van der Waals surface area contributed by atoms with E-state index in [1.54, 1.807) is 32.2 Å². The van der Waals surface area contributed by atoms with Crippen LogP contribution in [0.1, 0.15) is 13.3 Å². The van der Waals surface area contributed by atoms with Gasteiger partial charge in [0.1, 0.15) is 11.8 Å². The van der Waals surface area contributed by atoms with Crippen LogP contribution in [0.25, 0.3) is 0 Å². The number of carbonyl (C=O) groups is 2. The van der Waals surface area contributed by atoms with E-state index in [0.29, 0.717) is 18.0 Å². The number of anilines is 2. The Labute approximate surface area is 111 Å². The first-order chi connectivity index (χ1) is 9.13. The summed E-state index contributed by atoms with van der Waals surface area (Å²) in [4.78, 5) is 23.3. The first-order valence-electron chi connectivity index (χ1n) is 6.05. The van der Waals surface area contributed by atoms with Gasteiger partial charge in [-0.2, -0.15) is 0 Å². The normalized spacial score (nSPS) is 16.9. The summed E-state index contributed by atoms with van der Waals surface area (Å²) in [6.45, 7) is 2.03. The molecule has 1 atom stereocenters. The third kappa shape index (κ3) is 2.96. The van der Waals surface area contributed by atoms with Crippen molar-refractivity contribution in [3.8, 4) is 5.75 Å². The van der Waals surface area contributed by atoms with Gasteiger partial charge >= 0.3 is 5.97 Å². The highest BCUT2D eigenvalue weighted by atomic mass is 16.5. The molecule has 0 spiro atoms. The molecule has 0 saturated carbocycles. The Morgan fingerprint density at radius 1 is 1.37 bits per heavy atom. The van der Waals surface area contributed by atoms with Crippen LogP contribution in [0.4, 0.5) is 11.4 Å². The number of esters is 1. The molecule has 1 aromatic rings. The van der Waals surface area contributed by atoms with E-state index in [0.717, 1.165) is 5.69 Å². The Bertz CT molecular complexity index is 501. The summed E-state index contributed by atoms with van der Waals surface area (Å²) in [6, 6.07) is 4.65. The zero-order chi connectivity index (χ0) is 13.8. The van der Waals surface area contributed by atoms with E-state index in [4.69, 9.17) is 9.47 Å². The maximum Gasteiger partial charge on any atom is 0.308 e. The van der Waals surface area contributed by atoms with Crippen molar-refractivity contribution >= 4 is 23.3 Å². The molecule has 19 heavy (non-hydrogen) atoms. The molecule has 102 valence electrons. The number of benzene rings is 1. The van der Waals surface area contributed by atoms with Gasteiger partial charge in [-0.25, -0.2) is 0 Å². The number of hydrogen-bond donors (Lipinski definition) is 2. The fraction of sp³-hybridized carbons (Fsp3) is 0.385. The van der Waals surface area contributed by atoms with Gasteiger partial charge in [-0.1, -0.05) is 0 Å². The van der Waals surface area contributed by atoms with E-state index in [9.17, 15) is 9.59 Å². The van der Waals surface area contributed by atoms with Crippen molar-refractivity contribution < 1.29 is 19.1 Å². The standard InChI is InChI=1S/C13H16N2O4/c1-3-19-12(16)7-11-13(17)15-9-5-4-8(18-2)6-10(9)14-11/h4-6,11,14H,3,7H2,1-2H3,(H,15,17). The second kappa shape index (κ2) is 5.60. The average molecular weight is 264 g/mol. The number of ether oxygens (including phenoxy) is 2. The van der Waals surface area contributed by atoms with Crippen LogP contribution in [0, 0.1) is 0 Å². The van der Waals surface area contributed by atoms with Gasteiger partial charge < -0.3 is 20.1 Å². The Hall–Kier alpha value is -2.24. The molecule has 0 bridgehead atoms. The number of hydrogen-bond acceptors (Lipinski definition) is 5. The molecule has 1 amide bonds. The highest BCUT2D eigenvalue weighted by molar-refractivity contribution is 6.04. The molecule has 0 aromatic heterocycles. The van der Waals surface area contributed by atoms with Gasteiger partial charge in [0.25, 0.3) is 0 Å². The van der Waals surface area contributed by atoms with Gasteiger partial charge in [0.2, 0.25) is 5.91 Å². The zero-order valence-corrected chi connectivity index (χ0v) is 10.9. The lowest BCUT2D eigenvalue weighted by Gasteiger charge is -2.26. The Morgan fingerprint density at radius 3 is 2.84 bits per heavy atom. The summed E-state index contributed by atoms with van der Waals surface area (Å²) in [5.74, 6) is 0.0319. The molecular weight excluding hydrogens is 248 g/mol. The van der Waals surface area contributed by atoms with Crippen LogP contribution < -0.4 is 15.4 Å².